The Hall–Kier alpha value is -0.830. The van der Waals surface area contributed by atoms with Crippen LogP contribution in [0.1, 0.15) is 40.5 Å². The van der Waals surface area contributed by atoms with Crippen LogP contribution in [0.25, 0.3) is 0 Å². The molecule has 0 aromatic rings. The van der Waals surface area contributed by atoms with Crippen LogP contribution in [0.5, 0.6) is 0 Å². The molecule has 1 saturated heterocycles. The first-order valence-corrected chi connectivity index (χ1v) is 8.70. The van der Waals surface area contributed by atoms with E-state index in [0.717, 1.165) is 6.92 Å². The van der Waals surface area contributed by atoms with Gasteiger partial charge in [0.25, 0.3) is 0 Å². The van der Waals surface area contributed by atoms with Gasteiger partial charge in [-0.3, -0.25) is 4.79 Å². The molecule has 0 spiro atoms. The number of halogens is 3. The molecule has 5 nitrogen and oxygen atoms in total. The Morgan fingerprint density at radius 3 is 2.18 bits per heavy atom. The summed E-state index contributed by atoms with van der Waals surface area (Å²) in [5, 5.41) is 0. The van der Waals surface area contributed by atoms with Crippen LogP contribution in [0.2, 0.25) is 0 Å². The lowest BCUT2D eigenvalue weighted by Gasteiger charge is -2.40. The highest BCUT2D eigenvalue weighted by Gasteiger charge is 2.47. The van der Waals surface area contributed by atoms with Crippen LogP contribution in [0, 0.1) is 5.41 Å². The van der Waals surface area contributed by atoms with Crippen LogP contribution in [-0.2, 0) is 14.8 Å². The van der Waals surface area contributed by atoms with Crippen LogP contribution in [0.3, 0.4) is 0 Å². The Kier molecular flexibility index (Phi) is 5.55. The molecule has 1 fully saturated rings. The molecule has 22 heavy (non-hydrogen) atoms. The fourth-order valence-corrected chi connectivity index (χ4v) is 4.54. The van der Waals surface area contributed by atoms with E-state index in [-0.39, 0.29) is 25.1 Å². The van der Waals surface area contributed by atoms with Gasteiger partial charge in [-0.15, -0.1) is 0 Å². The molecule has 9 heteroatoms. The predicted molar refractivity (Wildman–Crippen MR) is 76.6 cm³/mol. The highest BCUT2D eigenvalue weighted by molar-refractivity contribution is 7.89. The summed E-state index contributed by atoms with van der Waals surface area (Å²) in [7, 11) is -3.61. The highest BCUT2D eigenvalue weighted by atomic mass is 32.2. The molecule has 1 N–H and O–H groups in total. The standard InChI is InChI=1S/C13H23F3N2O3S/c1-9(19)18-7-10(5-6-11(18)13(14,15)16)17-22(20,21)8-12(2,3)4/h10-11,17H,5-8H2,1-4H3. The summed E-state index contributed by atoms with van der Waals surface area (Å²) in [5.41, 5.74) is -0.463. The van der Waals surface area contributed by atoms with Gasteiger partial charge in [0.15, 0.2) is 0 Å². The Bertz CT molecular complexity index is 512. The molecule has 130 valence electrons. The number of sulfonamides is 1. The van der Waals surface area contributed by atoms with Crippen molar-refractivity contribution >= 4 is 15.9 Å². The molecule has 0 saturated carbocycles. The Labute approximate surface area is 129 Å². The quantitative estimate of drug-likeness (QED) is 0.850. The lowest BCUT2D eigenvalue weighted by molar-refractivity contribution is -0.196. The van der Waals surface area contributed by atoms with E-state index >= 15 is 0 Å². The molecular weight excluding hydrogens is 321 g/mol. The Balaban J connectivity index is 2.80. The summed E-state index contributed by atoms with van der Waals surface area (Å²) in [6.45, 7) is 6.08. The molecule has 0 radical (unpaired) electrons. The Morgan fingerprint density at radius 1 is 1.23 bits per heavy atom. The summed E-state index contributed by atoms with van der Waals surface area (Å²) in [4.78, 5) is 12.1. The molecule has 1 aliphatic heterocycles. The van der Waals surface area contributed by atoms with E-state index in [1.54, 1.807) is 20.8 Å². The smallest absolute Gasteiger partial charge is 0.329 e. The molecule has 0 aromatic heterocycles. The van der Waals surface area contributed by atoms with Gasteiger partial charge in [0, 0.05) is 19.5 Å². The molecule has 2 unspecified atom stereocenters. The number of hydrogen-bond acceptors (Lipinski definition) is 3. The fraction of sp³-hybridized carbons (Fsp3) is 0.923. The number of amides is 1. The van der Waals surface area contributed by atoms with Crippen molar-refractivity contribution in [3.05, 3.63) is 0 Å². The second-order valence-electron chi connectivity index (χ2n) is 6.94. The number of carbonyl (C=O) groups excluding carboxylic acids is 1. The van der Waals surface area contributed by atoms with Gasteiger partial charge in [-0.2, -0.15) is 13.2 Å². The largest absolute Gasteiger partial charge is 0.408 e. The van der Waals surface area contributed by atoms with E-state index in [4.69, 9.17) is 0 Å². The lowest BCUT2D eigenvalue weighted by atomic mass is 9.98. The Morgan fingerprint density at radius 2 is 1.77 bits per heavy atom. The third-order valence-corrected chi connectivity index (χ3v) is 5.27. The molecule has 0 aromatic carbocycles. The third-order valence-electron chi connectivity index (χ3n) is 3.33. The number of carbonyl (C=O) groups is 1. The van der Waals surface area contributed by atoms with Gasteiger partial charge >= 0.3 is 6.18 Å². The van der Waals surface area contributed by atoms with Gasteiger partial charge in [0.05, 0.1) is 5.75 Å². The van der Waals surface area contributed by atoms with Crippen LogP contribution in [0.4, 0.5) is 13.2 Å². The summed E-state index contributed by atoms with van der Waals surface area (Å²) in [6, 6.07) is -2.52. The van der Waals surface area contributed by atoms with E-state index in [1.807, 2.05) is 0 Å². The third kappa shape index (κ3) is 5.75. The van der Waals surface area contributed by atoms with Crippen molar-refractivity contribution in [2.45, 2.75) is 58.8 Å². The van der Waals surface area contributed by atoms with Crippen LogP contribution >= 0.6 is 0 Å². The second-order valence-corrected chi connectivity index (χ2v) is 8.69. The monoisotopic (exact) mass is 344 g/mol. The van der Waals surface area contributed by atoms with E-state index in [0.29, 0.717) is 4.90 Å². The number of likely N-dealkylation sites (tertiary alicyclic amines) is 1. The average molecular weight is 344 g/mol. The van der Waals surface area contributed by atoms with Gasteiger partial charge < -0.3 is 4.90 Å². The minimum Gasteiger partial charge on any atom is -0.329 e. The second kappa shape index (κ2) is 6.35. The van der Waals surface area contributed by atoms with E-state index in [2.05, 4.69) is 4.72 Å². The van der Waals surface area contributed by atoms with Crippen LogP contribution in [-0.4, -0.2) is 49.8 Å². The zero-order chi connectivity index (χ0) is 17.3. The number of nitrogens with one attached hydrogen (secondary N) is 1. The van der Waals surface area contributed by atoms with E-state index < -0.39 is 39.6 Å². The maximum atomic E-state index is 12.9. The van der Waals surface area contributed by atoms with Gasteiger partial charge in [-0.1, -0.05) is 20.8 Å². The zero-order valence-corrected chi connectivity index (χ0v) is 14.0. The van der Waals surface area contributed by atoms with Crippen molar-refractivity contribution in [2.24, 2.45) is 5.41 Å². The van der Waals surface area contributed by atoms with Gasteiger partial charge in [-0.25, -0.2) is 13.1 Å². The molecule has 1 amide bonds. The van der Waals surface area contributed by atoms with Gasteiger partial charge in [-0.05, 0) is 18.3 Å². The van der Waals surface area contributed by atoms with Crippen molar-refractivity contribution in [3.63, 3.8) is 0 Å². The predicted octanol–water partition coefficient (Wildman–Crippen LogP) is 1.89. The van der Waals surface area contributed by atoms with Crippen molar-refractivity contribution in [3.8, 4) is 0 Å². The number of nitrogens with zero attached hydrogens (tertiary/aromatic N) is 1. The molecule has 1 heterocycles. The average Bonchev–Trinajstić information content (AvgIpc) is 2.22. The topological polar surface area (TPSA) is 66.5 Å². The summed E-state index contributed by atoms with van der Waals surface area (Å²) >= 11 is 0. The number of alkyl halides is 3. The fourth-order valence-electron chi connectivity index (χ4n) is 2.62. The van der Waals surface area contributed by atoms with Gasteiger partial charge in [0.1, 0.15) is 6.04 Å². The summed E-state index contributed by atoms with van der Waals surface area (Å²) < 4.78 is 65.2. The summed E-state index contributed by atoms with van der Waals surface area (Å²) in [5.74, 6) is -0.832. The maximum Gasteiger partial charge on any atom is 0.408 e. The number of piperidine rings is 1. The van der Waals surface area contributed by atoms with E-state index in [1.165, 1.54) is 0 Å². The molecular formula is C13H23F3N2O3S. The first kappa shape index (κ1) is 19.2. The van der Waals surface area contributed by atoms with Crippen molar-refractivity contribution in [1.82, 2.24) is 9.62 Å². The van der Waals surface area contributed by atoms with Crippen LogP contribution in [0.15, 0.2) is 0 Å². The van der Waals surface area contributed by atoms with Crippen molar-refractivity contribution in [1.29, 1.82) is 0 Å². The van der Waals surface area contributed by atoms with Crippen molar-refractivity contribution in [2.75, 3.05) is 12.3 Å². The minimum absolute atomic E-state index is 0.0529. The maximum absolute atomic E-state index is 12.9. The highest BCUT2D eigenvalue weighted by Crippen LogP contribution is 2.32. The minimum atomic E-state index is -4.50. The van der Waals surface area contributed by atoms with Crippen molar-refractivity contribution < 1.29 is 26.4 Å². The molecule has 0 aliphatic carbocycles. The molecule has 1 aliphatic rings. The zero-order valence-electron chi connectivity index (χ0n) is 13.2. The first-order valence-electron chi connectivity index (χ1n) is 7.05. The lowest BCUT2D eigenvalue weighted by Crippen LogP contribution is -2.58. The van der Waals surface area contributed by atoms with Crippen LogP contribution < -0.4 is 4.72 Å². The van der Waals surface area contributed by atoms with E-state index in [9.17, 15) is 26.4 Å². The SMILES string of the molecule is CC(=O)N1CC(NS(=O)(=O)CC(C)(C)C)CCC1C(F)(F)F. The normalized spacial score (nSPS) is 24.4. The molecule has 0 bridgehead atoms. The summed E-state index contributed by atoms with van der Waals surface area (Å²) in [6.07, 6.45) is -4.75. The number of rotatable bonds is 3. The number of hydrogen-bond donors (Lipinski definition) is 1. The van der Waals surface area contributed by atoms with Gasteiger partial charge in [0.2, 0.25) is 15.9 Å². The first-order chi connectivity index (χ1) is 9.71. The molecule has 1 rings (SSSR count). The molecule has 2 atom stereocenters.